The molecule has 0 aliphatic rings. The molecule has 0 aliphatic carbocycles. The third-order valence-corrected chi connectivity index (χ3v) is 3.90. The summed E-state index contributed by atoms with van der Waals surface area (Å²) < 4.78 is 1.76. The van der Waals surface area contributed by atoms with E-state index in [0.29, 0.717) is 16.4 Å². The van der Waals surface area contributed by atoms with E-state index in [9.17, 15) is 4.79 Å². The van der Waals surface area contributed by atoms with Gasteiger partial charge >= 0.3 is 5.97 Å². The van der Waals surface area contributed by atoms with Crippen LogP contribution in [0.2, 0.25) is 5.02 Å². The zero-order valence-corrected chi connectivity index (χ0v) is 11.1. The number of pyridine rings is 1. The molecule has 0 bridgehead atoms. The van der Waals surface area contributed by atoms with Gasteiger partial charge in [-0.2, -0.15) is 5.10 Å². The topological polar surface area (TPSA) is 68.0 Å². The summed E-state index contributed by atoms with van der Waals surface area (Å²) in [4.78, 5) is 16.2. The molecular weight excluding hydrogens is 286 g/mol. The smallest absolute Gasteiger partial charge is 0.345 e. The van der Waals surface area contributed by atoms with E-state index >= 15 is 0 Å². The summed E-state index contributed by atoms with van der Waals surface area (Å²) in [7, 11) is 0. The van der Waals surface area contributed by atoms with Crippen molar-refractivity contribution in [2.45, 2.75) is 6.54 Å². The first-order valence-electron chi connectivity index (χ1n) is 5.42. The van der Waals surface area contributed by atoms with Crippen LogP contribution in [0, 0.1) is 0 Å². The molecule has 0 aliphatic heterocycles. The SMILES string of the molecule is O=C(O)c1ccc(Cn2ncc3ncc(Cl)cc32)s1. The molecule has 0 spiro atoms. The maximum atomic E-state index is 10.8. The van der Waals surface area contributed by atoms with E-state index in [-0.39, 0.29) is 0 Å². The van der Waals surface area contributed by atoms with E-state index in [1.807, 2.05) is 0 Å². The minimum absolute atomic E-state index is 0.322. The first-order valence-corrected chi connectivity index (χ1v) is 6.62. The van der Waals surface area contributed by atoms with Crippen LogP contribution in [0.4, 0.5) is 0 Å². The van der Waals surface area contributed by atoms with Gasteiger partial charge in [0.25, 0.3) is 0 Å². The summed E-state index contributed by atoms with van der Waals surface area (Å²) >= 11 is 7.16. The molecule has 0 fully saturated rings. The van der Waals surface area contributed by atoms with Gasteiger partial charge in [-0.15, -0.1) is 11.3 Å². The van der Waals surface area contributed by atoms with Gasteiger partial charge in [-0.25, -0.2) is 4.79 Å². The van der Waals surface area contributed by atoms with Crippen molar-refractivity contribution in [1.29, 1.82) is 0 Å². The van der Waals surface area contributed by atoms with Crippen molar-refractivity contribution in [3.8, 4) is 0 Å². The molecule has 3 aromatic heterocycles. The Balaban J connectivity index is 1.96. The summed E-state index contributed by atoms with van der Waals surface area (Å²) in [6.07, 6.45) is 3.24. The van der Waals surface area contributed by atoms with Gasteiger partial charge in [-0.1, -0.05) is 11.6 Å². The first kappa shape index (κ1) is 12.1. The number of carboxylic acid groups (broad SMARTS) is 1. The Morgan fingerprint density at radius 1 is 1.42 bits per heavy atom. The Morgan fingerprint density at radius 3 is 3.00 bits per heavy atom. The van der Waals surface area contributed by atoms with Crippen molar-refractivity contribution in [2.24, 2.45) is 0 Å². The predicted molar refractivity (Wildman–Crippen MR) is 72.9 cm³/mol. The maximum Gasteiger partial charge on any atom is 0.345 e. The van der Waals surface area contributed by atoms with Crippen molar-refractivity contribution >= 4 is 39.9 Å². The fourth-order valence-electron chi connectivity index (χ4n) is 1.78. The summed E-state index contributed by atoms with van der Waals surface area (Å²) in [6.45, 7) is 0.503. The van der Waals surface area contributed by atoms with Gasteiger partial charge in [0.2, 0.25) is 0 Å². The van der Waals surface area contributed by atoms with E-state index in [1.54, 1.807) is 35.3 Å². The number of aromatic carboxylic acids is 1. The lowest BCUT2D eigenvalue weighted by atomic mass is 10.4. The average molecular weight is 294 g/mol. The highest BCUT2D eigenvalue weighted by molar-refractivity contribution is 7.13. The largest absolute Gasteiger partial charge is 0.477 e. The number of halogens is 1. The molecule has 0 saturated heterocycles. The lowest BCUT2D eigenvalue weighted by Crippen LogP contribution is -1.99. The average Bonchev–Trinajstić information content (AvgIpc) is 2.98. The number of carbonyl (C=O) groups is 1. The monoisotopic (exact) mass is 293 g/mol. The van der Waals surface area contributed by atoms with E-state index < -0.39 is 5.97 Å². The van der Waals surface area contributed by atoms with Crippen LogP contribution in [0.3, 0.4) is 0 Å². The molecule has 3 rings (SSSR count). The summed E-state index contributed by atoms with van der Waals surface area (Å²) in [5.41, 5.74) is 1.59. The van der Waals surface area contributed by atoms with Crippen molar-refractivity contribution < 1.29 is 9.90 Å². The first-order chi connectivity index (χ1) is 9.13. The lowest BCUT2D eigenvalue weighted by Gasteiger charge is -2.01. The van der Waals surface area contributed by atoms with Gasteiger partial charge in [0.1, 0.15) is 10.4 Å². The van der Waals surface area contributed by atoms with Gasteiger partial charge in [0.05, 0.1) is 23.3 Å². The second-order valence-corrected chi connectivity index (χ2v) is 5.54. The number of aromatic nitrogens is 3. The molecule has 0 unspecified atom stereocenters. The van der Waals surface area contributed by atoms with Crippen molar-refractivity contribution in [3.05, 3.63) is 45.4 Å². The Morgan fingerprint density at radius 2 is 2.26 bits per heavy atom. The number of hydrogen-bond acceptors (Lipinski definition) is 4. The molecule has 0 aromatic carbocycles. The Hall–Kier alpha value is -1.92. The van der Waals surface area contributed by atoms with Gasteiger partial charge < -0.3 is 5.11 Å². The van der Waals surface area contributed by atoms with Crippen LogP contribution in [0.25, 0.3) is 11.0 Å². The zero-order valence-electron chi connectivity index (χ0n) is 9.58. The minimum atomic E-state index is -0.911. The normalized spacial score (nSPS) is 11.0. The van der Waals surface area contributed by atoms with E-state index in [4.69, 9.17) is 16.7 Å². The standard InChI is InChI=1S/C12H8ClN3O2S/c13-7-3-10-9(14-4-7)5-15-16(10)6-8-1-2-11(19-8)12(17)18/h1-5H,6H2,(H,17,18). The van der Waals surface area contributed by atoms with Gasteiger partial charge in [0.15, 0.2) is 0 Å². The molecule has 0 radical (unpaired) electrons. The van der Waals surface area contributed by atoms with Gasteiger partial charge in [-0.05, 0) is 18.2 Å². The summed E-state index contributed by atoms with van der Waals surface area (Å²) in [5.74, 6) is -0.911. The third kappa shape index (κ3) is 2.32. The molecule has 96 valence electrons. The van der Waals surface area contributed by atoms with Crippen LogP contribution in [-0.4, -0.2) is 25.8 Å². The molecule has 3 heterocycles. The summed E-state index contributed by atoms with van der Waals surface area (Å²) in [5, 5.41) is 13.7. The quantitative estimate of drug-likeness (QED) is 0.806. The number of hydrogen-bond donors (Lipinski definition) is 1. The zero-order chi connectivity index (χ0) is 13.4. The Kier molecular flexibility index (Phi) is 2.96. The molecule has 7 heteroatoms. The van der Waals surface area contributed by atoms with Crippen LogP contribution in [-0.2, 0) is 6.54 Å². The second kappa shape index (κ2) is 4.64. The second-order valence-electron chi connectivity index (χ2n) is 3.93. The van der Waals surface area contributed by atoms with E-state index in [1.165, 1.54) is 11.3 Å². The highest BCUT2D eigenvalue weighted by atomic mass is 35.5. The Bertz CT molecular complexity index is 765. The molecule has 1 N–H and O–H groups in total. The molecule has 0 atom stereocenters. The van der Waals surface area contributed by atoms with Crippen molar-refractivity contribution in [3.63, 3.8) is 0 Å². The van der Waals surface area contributed by atoms with Crippen molar-refractivity contribution in [1.82, 2.24) is 14.8 Å². The number of fused-ring (bicyclic) bond motifs is 1. The fraction of sp³-hybridized carbons (Fsp3) is 0.0833. The number of rotatable bonds is 3. The molecule has 19 heavy (non-hydrogen) atoms. The van der Waals surface area contributed by atoms with Crippen LogP contribution < -0.4 is 0 Å². The highest BCUT2D eigenvalue weighted by Crippen LogP contribution is 2.21. The molecule has 0 saturated carbocycles. The van der Waals surface area contributed by atoms with Crippen LogP contribution in [0.5, 0.6) is 0 Å². The van der Waals surface area contributed by atoms with Gasteiger partial charge in [0, 0.05) is 11.1 Å². The lowest BCUT2D eigenvalue weighted by molar-refractivity contribution is 0.0702. The van der Waals surface area contributed by atoms with Crippen LogP contribution >= 0.6 is 22.9 Å². The Labute approximate surface area is 117 Å². The molecule has 5 nitrogen and oxygen atoms in total. The highest BCUT2D eigenvalue weighted by Gasteiger charge is 2.09. The molecule has 3 aromatic rings. The predicted octanol–water partition coefficient (Wildman–Crippen LogP) is 2.89. The number of carboxylic acids is 1. The third-order valence-electron chi connectivity index (χ3n) is 2.64. The summed E-state index contributed by atoms with van der Waals surface area (Å²) in [6, 6.07) is 5.18. The van der Waals surface area contributed by atoms with E-state index in [2.05, 4.69) is 10.1 Å². The van der Waals surface area contributed by atoms with Crippen LogP contribution in [0.15, 0.2) is 30.6 Å². The van der Waals surface area contributed by atoms with Crippen LogP contribution in [0.1, 0.15) is 14.5 Å². The molecular formula is C12H8ClN3O2S. The minimum Gasteiger partial charge on any atom is -0.477 e. The number of nitrogens with zero attached hydrogens (tertiary/aromatic N) is 3. The van der Waals surface area contributed by atoms with Crippen molar-refractivity contribution in [2.75, 3.05) is 0 Å². The van der Waals surface area contributed by atoms with Gasteiger partial charge in [-0.3, -0.25) is 9.67 Å². The maximum absolute atomic E-state index is 10.8. The fourth-order valence-corrected chi connectivity index (χ4v) is 2.76. The molecule has 0 amide bonds. The number of thiophene rings is 1. The van der Waals surface area contributed by atoms with E-state index in [0.717, 1.165) is 15.9 Å².